The van der Waals surface area contributed by atoms with Gasteiger partial charge in [0.15, 0.2) is 0 Å². The standard InChI is InChI=1S/C16H21F3N2O/c1-11-10-21(8-7-20-11)14(22)15(2,3)12-5-4-6-13(9-12)16(17,18)19/h4-6,9,11,20H,7-8,10H2,1-3H3. The van der Waals surface area contributed by atoms with E-state index in [1.54, 1.807) is 24.8 Å². The molecule has 1 atom stereocenters. The van der Waals surface area contributed by atoms with Gasteiger partial charge in [0, 0.05) is 25.7 Å². The molecule has 3 nitrogen and oxygen atoms in total. The number of nitrogens with zero attached hydrogens (tertiary/aromatic N) is 1. The van der Waals surface area contributed by atoms with Crippen molar-refractivity contribution >= 4 is 5.91 Å². The Kier molecular flexibility index (Phi) is 4.52. The van der Waals surface area contributed by atoms with E-state index < -0.39 is 17.2 Å². The van der Waals surface area contributed by atoms with Gasteiger partial charge < -0.3 is 10.2 Å². The maximum atomic E-state index is 12.9. The third-order valence-electron chi connectivity index (χ3n) is 4.10. The molecule has 1 N–H and O–H groups in total. The van der Waals surface area contributed by atoms with Crippen LogP contribution in [0.1, 0.15) is 31.9 Å². The Hall–Kier alpha value is -1.56. The quantitative estimate of drug-likeness (QED) is 0.910. The highest BCUT2D eigenvalue weighted by Crippen LogP contribution is 2.33. The van der Waals surface area contributed by atoms with Gasteiger partial charge >= 0.3 is 6.18 Å². The fourth-order valence-electron chi connectivity index (χ4n) is 2.72. The highest BCUT2D eigenvalue weighted by Gasteiger charge is 2.37. The minimum atomic E-state index is -4.40. The van der Waals surface area contributed by atoms with Crippen molar-refractivity contribution in [1.29, 1.82) is 0 Å². The predicted octanol–water partition coefficient (Wildman–Crippen LogP) is 2.80. The summed E-state index contributed by atoms with van der Waals surface area (Å²) in [6.07, 6.45) is -4.40. The average Bonchev–Trinajstić information content (AvgIpc) is 2.45. The summed E-state index contributed by atoms with van der Waals surface area (Å²) < 4.78 is 38.6. The van der Waals surface area contributed by atoms with Gasteiger partial charge in [-0.25, -0.2) is 0 Å². The number of benzene rings is 1. The maximum Gasteiger partial charge on any atom is 0.416 e. The van der Waals surface area contributed by atoms with E-state index in [1.807, 2.05) is 6.92 Å². The predicted molar refractivity (Wildman–Crippen MR) is 78.5 cm³/mol. The van der Waals surface area contributed by atoms with E-state index in [9.17, 15) is 18.0 Å². The van der Waals surface area contributed by atoms with Crippen LogP contribution in [-0.2, 0) is 16.4 Å². The minimum Gasteiger partial charge on any atom is -0.339 e. The largest absolute Gasteiger partial charge is 0.416 e. The first-order chi connectivity index (χ1) is 10.1. The lowest BCUT2D eigenvalue weighted by Gasteiger charge is -2.37. The molecule has 0 aromatic heterocycles. The molecule has 22 heavy (non-hydrogen) atoms. The Morgan fingerprint density at radius 1 is 1.27 bits per heavy atom. The van der Waals surface area contributed by atoms with Gasteiger partial charge in [-0.1, -0.05) is 18.2 Å². The summed E-state index contributed by atoms with van der Waals surface area (Å²) in [6, 6.07) is 5.22. The Morgan fingerprint density at radius 2 is 1.91 bits per heavy atom. The van der Waals surface area contributed by atoms with Crippen molar-refractivity contribution in [2.75, 3.05) is 19.6 Å². The minimum absolute atomic E-state index is 0.139. The van der Waals surface area contributed by atoms with Crippen molar-refractivity contribution < 1.29 is 18.0 Å². The van der Waals surface area contributed by atoms with Gasteiger partial charge in [0.05, 0.1) is 11.0 Å². The molecule has 122 valence electrons. The molecule has 1 amide bonds. The van der Waals surface area contributed by atoms with Gasteiger partial charge in [0.2, 0.25) is 5.91 Å². The summed E-state index contributed by atoms with van der Waals surface area (Å²) in [6.45, 7) is 7.18. The summed E-state index contributed by atoms with van der Waals surface area (Å²) in [5.74, 6) is -0.139. The molecule has 0 saturated carbocycles. The smallest absolute Gasteiger partial charge is 0.339 e. The molecule has 1 aliphatic heterocycles. The molecule has 1 unspecified atom stereocenters. The first-order valence-corrected chi connectivity index (χ1v) is 7.33. The number of amides is 1. The number of hydrogen-bond acceptors (Lipinski definition) is 2. The molecule has 1 saturated heterocycles. The van der Waals surface area contributed by atoms with Crippen LogP contribution in [0, 0.1) is 0 Å². The zero-order chi connectivity index (χ0) is 16.5. The zero-order valence-corrected chi connectivity index (χ0v) is 13.0. The second kappa shape index (κ2) is 5.91. The third kappa shape index (κ3) is 3.43. The molecule has 1 aromatic carbocycles. The number of nitrogens with one attached hydrogen (secondary N) is 1. The molecule has 0 radical (unpaired) electrons. The highest BCUT2D eigenvalue weighted by molar-refractivity contribution is 5.87. The van der Waals surface area contributed by atoms with Crippen LogP contribution in [0.4, 0.5) is 13.2 Å². The van der Waals surface area contributed by atoms with Crippen LogP contribution in [0.2, 0.25) is 0 Å². The summed E-state index contributed by atoms with van der Waals surface area (Å²) in [4.78, 5) is 14.5. The van der Waals surface area contributed by atoms with Gasteiger partial charge in [-0.05, 0) is 32.4 Å². The van der Waals surface area contributed by atoms with Crippen LogP contribution >= 0.6 is 0 Å². The van der Waals surface area contributed by atoms with Gasteiger partial charge in [0.25, 0.3) is 0 Å². The summed E-state index contributed by atoms with van der Waals surface area (Å²) in [7, 11) is 0. The molecule has 1 aliphatic rings. The van der Waals surface area contributed by atoms with Crippen molar-refractivity contribution in [3.05, 3.63) is 35.4 Å². The molecule has 1 aromatic rings. The molecular weight excluding hydrogens is 293 g/mol. The van der Waals surface area contributed by atoms with E-state index in [1.165, 1.54) is 6.07 Å². The van der Waals surface area contributed by atoms with Crippen molar-refractivity contribution in [1.82, 2.24) is 10.2 Å². The Balaban J connectivity index is 2.27. The third-order valence-corrected chi connectivity index (χ3v) is 4.10. The zero-order valence-electron chi connectivity index (χ0n) is 13.0. The molecule has 0 spiro atoms. The van der Waals surface area contributed by atoms with Crippen molar-refractivity contribution in [2.24, 2.45) is 0 Å². The molecule has 0 aliphatic carbocycles. The average molecular weight is 314 g/mol. The van der Waals surface area contributed by atoms with E-state index in [-0.39, 0.29) is 11.9 Å². The molecular formula is C16H21F3N2O. The summed E-state index contributed by atoms with van der Waals surface area (Å²) in [5.41, 5.74) is -1.32. The number of piperazine rings is 1. The number of hydrogen-bond donors (Lipinski definition) is 1. The fraction of sp³-hybridized carbons (Fsp3) is 0.562. The van der Waals surface area contributed by atoms with Crippen LogP contribution in [0.3, 0.4) is 0 Å². The topological polar surface area (TPSA) is 32.3 Å². The monoisotopic (exact) mass is 314 g/mol. The number of halogens is 3. The van der Waals surface area contributed by atoms with E-state index in [2.05, 4.69) is 5.32 Å². The van der Waals surface area contributed by atoms with Crippen LogP contribution in [0.25, 0.3) is 0 Å². The van der Waals surface area contributed by atoms with Gasteiger partial charge in [-0.2, -0.15) is 13.2 Å². The van der Waals surface area contributed by atoms with Crippen molar-refractivity contribution in [2.45, 2.75) is 38.4 Å². The first kappa shape index (κ1) is 16.8. The Bertz CT molecular complexity index is 555. The second-order valence-corrected chi connectivity index (χ2v) is 6.31. The van der Waals surface area contributed by atoms with Gasteiger partial charge in [-0.15, -0.1) is 0 Å². The molecule has 1 heterocycles. The van der Waals surface area contributed by atoms with E-state index in [0.29, 0.717) is 25.2 Å². The number of carbonyl (C=O) groups excluding carboxylic acids is 1. The Morgan fingerprint density at radius 3 is 2.50 bits per heavy atom. The van der Waals surface area contributed by atoms with Gasteiger partial charge in [-0.3, -0.25) is 4.79 Å². The highest BCUT2D eigenvalue weighted by atomic mass is 19.4. The summed E-state index contributed by atoms with van der Waals surface area (Å²) in [5, 5.41) is 3.24. The molecule has 1 fully saturated rings. The number of carbonyl (C=O) groups is 1. The van der Waals surface area contributed by atoms with Gasteiger partial charge in [0.1, 0.15) is 0 Å². The lowest BCUT2D eigenvalue weighted by molar-refractivity contribution is -0.139. The van der Waals surface area contributed by atoms with Crippen molar-refractivity contribution in [3.8, 4) is 0 Å². The lowest BCUT2D eigenvalue weighted by Crippen LogP contribution is -2.55. The normalized spacial score (nSPS) is 20.1. The van der Waals surface area contributed by atoms with Crippen LogP contribution in [0.15, 0.2) is 24.3 Å². The lowest BCUT2D eigenvalue weighted by atomic mass is 9.82. The van der Waals surface area contributed by atoms with Crippen LogP contribution < -0.4 is 5.32 Å². The SMILES string of the molecule is CC1CN(C(=O)C(C)(C)c2cccc(C(F)(F)F)c2)CCN1. The Labute approximate surface area is 128 Å². The van der Waals surface area contributed by atoms with E-state index >= 15 is 0 Å². The van der Waals surface area contributed by atoms with E-state index in [0.717, 1.165) is 12.1 Å². The molecule has 6 heteroatoms. The molecule has 2 rings (SSSR count). The van der Waals surface area contributed by atoms with Crippen molar-refractivity contribution in [3.63, 3.8) is 0 Å². The second-order valence-electron chi connectivity index (χ2n) is 6.31. The van der Waals surface area contributed by atoms with Crippen LogP contribution in [0.5, 0.6) is 0 Å². The first-order valence-electron chi connectivity index (χ1n) is 7.33. The maximum absolute atomic E-state index is 12.9. The number of rotatable bonds is 2. The fourth-order valence-corrected chi connectivity index (χ4v) is 2.72. The molecule has 0 bridgehead atoms. The summed E-state index contributed by atoms with van der Waals surface area (Å²) >= 11 is 0. The van der Waals surface area contributed by atoms with E-state index in [4.69, 9.17) is 0 Å². The number of alkyl halides is 3. The van der Waals surface area contributed by atoms with Crippen LogP contribution in [-0.4, -0.2) is 36.5 Å².